The summed E-state index contributed by atoms with van der Waals surface area (Å²) in [7, 11) is 0. The van der Waals surface area contributed by atoms with Crippen molar-refractivity contribution < 1.29 is 14.0 Å². The van der Waals surface area contributed by atoms with Crippen LogP contribution in [0.4, 0.5) is 5.00 Å². The number of carbonyl (C=O) groups excluding carboxylic acids is 2. The normalized spacial score (nSPS) is 20.4. The Morgan fingerprint density at radius 3 is 2.72 bits per heavy atom. The average Bonchev–Trinajstić information content (AvgIpc) is 3.30. The molecule has 0 radical (unpaired) electrons. The largest absolute Gasteiger partial charge is 0.468 e. The summed E-state index contributed by atoms with van der Waals surface area (Å²) in [5, 5.41) is 3.59. The molecule has 1 atom stereocenters. The molecule has 2 aliphatic rings. The SMILES string of the molecule is C[C@H]1CCc2c(sc(NC(=O)CN3CCN(Cc4ccco4)CC3)c2C(N)=O)C1. The lowest BCUT2D eigenvalue weighted by Crippen LogP contribution is -2.48. The van der Waals surface area contributed by atoms with Crippen molar-refractivity contribution in [3.63, 3.8) is 0 Å². The van der Waals surface area contributed by atoms with Gasteiger partial charge in [-0.25, -0.2) is 0 Å². The number of piperazine rings is 1. The van der Waals surface area contributed by atoms with Crippen molar-refractivity contribution in [1.29, 1.82) is 0 Å². The molecule has 1 aliphatic carbocycles. The number of nitrogens with two attached hydrogens (primary N) is 1. The first-order chi connectivity index (χ1) is 14.0. The zero-order valence-corrected chi connectivity index (χ0v) is 17.6. The molecular formula is C21H28N4O3S. The number of nitrogens with zero attached hydrogens (tertiary/aromatic N) is 2. The second-order valence-corrected chi connectivity index (χ2v) is 9.21. The molecule has 29 heavy (non-hydrogen) atoms. The number of hydrogen-bond acceptors (Lipinski definition) is 6. The number of amides is 2. The van der Waals surface area contributed by atoms with Crippen LogP contribution in [-0.4, -0.2) is 54.3 Å². The predicted molar refractivity (Wildman–Crippen MR) is 113 cm³/mol. The Hall–Kier alpha value is -2.16. The van der Waals surface area contributed by atoms with Gasteiger partial charge in [0, 0.05) is 31.1 Å². The summed E-state index contributed by atoms with van der Waals surface area (Å²) in [5.41, 5.74) is 7.21. The van der Waals surface area contributed by atoms with Gasteiger partial charge < -0.3 is 15.5 Å². The van der Waals surface area contributed by atoms with Crippen LogP contribution in [0.5, 0.6) is 0 Å². The summed E-state index contributed by atoms with van der Waals surface area (Å²) in [6.07, 6.45) is 4.56. The van der Waals surface area contributed by atoms with Gasteiger partial charge in [0.15, 0.2) is 0 Å². The van der Waals surface area contributed by atoms with E-state index in [4.69, 9.17) is 10.2 Å². The van der Waals surface area contributed by atoms with Gasteiger partial charge in [-0.2, -0.15) is 0 Å². The van der Waals surface area contributed by atoms with Crippen LogP contribution in [0.15, 0.2) is 22.8 Å². The van der Waals surface area contributed by atoms with E-state index in [0.717, 1.165) is 63.3 Å². The molecule has 1 saturated heterocycles. The lowest BCUT2D eigenvalue weighted by Gasteiger charge is -2.33. The van der Waals surface area contributed by atoms with Crippen molar-refractivity contribution in [1.82, 2.24) is 9.80 Å². The molecule has 2 aromatic heterocycles. The van der Waals surface area contributed by atoms with E-state index in [0.29, 0.717) is 23.0 Å². The molecule has 0 unspecified atom stereocenters. The molecule has 1 aliphatic heterocycles. The predicted octanol–water partition coefficient (Wildman–Crippen LogP) is 2.32. The minimum Gasteiger partial charge on any atom is -0.468 e. The highest BCUT2D eigenvalue weighted by Crippen LogP contribution is 2.39. The van der Waals surface area contributed by atoms with Crippen LogP contribution in [0.2, 0.25) is 0 Å². The number of nitrogens with one attached hydrogen (secondary N) is 1. The van der Waals surface area contributed by atoms with E-state index in [9.17, 15) is 9.59 Å². The summed E-state index contributed by atoms with van der Waals surface area (Å²) >= 11 is 1.52. The number of furan rings is 1. The number of hydrogen-bond donors (Lipinski definition) is 2. The molecule has 1 fully saturated rings. The maximum Gasteiger partial charge on any atom is 0.251 e. The minimum absolute atomic E-state index is 0.0846. The Morgan fingerprint density at radius 1 is 1.28 bits per heavy atom. The number of fused-ring (bicyclic) bond motifs is 1. The number of primary amides is 1. The smallest absolute Gasteiger partial charge is 0.251 e. The topological polar surface area (TPSA) is 91.8 Å². The van der Waals surface area contributed by atoms with Crippen LogP contribution in [-0.2, 0) is 24.2 Å². The second-order valence-electron chi connectivity index (χ2n) is 8.10. The molecule has 8 heteroatoms. The maximum atomic E-state index is 12.6. The molecule has 3 heterocycles. The van der Waals surface area contributed by atoms with Crippen molar-refractivity contribution in [2.75, 3.05) is 38.0 Å². The van der Waals surface area contributed by atoms with E-state index >= 15 is 0 Å². The summed E-state index contributed by atoms with van der Waals surface area (Å²) in [6, 6.07) is 3.89. The summed E-state index contributed by atoms with van der Waals surface area (Å²) in [6.45, 7) is 6.79. The first-order valence-electron chi connectivity index (χ1n) is 10.2. The van der Waals surface area contributed by atoms with E-state index in [1.165, 1.54) is 16.2 Å². The second kappa shape index (κ2) is 8.69. The van der Waals surface area contributed by atoms with E-state index in [-0.39, 0.29) is 5.91 Å². The quantitative estimate of drug-likeness (QED) is 0.754. The molecule has 0 bridgehead atoms. The third-order valence-electron chi connectivity index (χ3n) is 5.80. The molecule has 2 amide bonds. The summed E-state index contributed by atoms with van der Waals surface area (Å²) in [4.78, 5) is 30.3. The van der Waals surface area contributed by atoms with Gasteiger partial charge in [0.1, 0.15) is 10.8 Å². The molecule has 7 nitrogen and oxygen atoms in total. The molecule has 156 valence electrons. The van der Waals surface area contributed by atoms with Crippen LogP contribution in [0.3, 0.4) is 0 Å². The van der Waals surface area contributed by atoms with Crippen molar-refractivity contribution >= 4 is 28.2 Å². The lowest BCUT2D eigenvalue weighted by molar-refractivity contribution is -0.117. The molecule has 0 saturated carbocycles. The van der Waals surface area contributed by atoms with E-state index in [2.05, 4.69) is 22.0 Å². The van der Waals surface area contributed by atoms with Gasteiger partial charge in [-0.1, -0.05) is 6.92 Å². The Kier molecular flexibility index (Phi) is 6.03. The molecule has 2 aromatic rings. The summed E-state index contributed by atoms with van der Waals surface area (Å²) in [5.74, 6) is 1.03. The average molecular weight is 417 g/mol. The number of rotatable bonds is 6. The zero-order valence-electron chi connectivity index (χ0n) is 16.8. The molecule has 3 N–H and O–H groups in total. The van der Waals surface area contributed by atoms with Crippen molar-refractivity contribution in [3.05, 3.63) is 40.2 Å². The van der Waals surface area contributed by atoms with Crippen LogP contribution in [0, 0.1) is 5.92 Å². The van der Waals surface area contributed by atoms with Gasteiger partial charge in [0.05, 0.1) is 24.9 Å². The fraction of sp³-hybridized carbons (Fsp3) is 0.524. The van der Waals surface area contributed by atoms with Gasteiger partial charge in [-0.05, 0) is 42.9 Å². The van der Waals surface area contributed by atoms with Gasteiger partial charge >= 0.3 is 0 Å². The van der Waals surface area contributed by atoms with Gasteiger partial charge in [-0.15, -0.1) is 11.3 Å². The molecule has 0 aromatic carbocycles. The molecular weight excluding hydrogens is 388 g/mol. The Morgan fingerprint density at radius 2 is 2.03 bits per heavy atom. The van der Waals surface area contributed by atoms with Crippen LogP contribution in [0.1, 0.15) is 39.9 Å². The van der Waals surface area contributed by atoms with Crippen LogP contribution >= 0.6 is 11.3 Å². The summed E-state index contributed by atoms with van der Waals surface area (Å²) < 4.78 is 5.41. The Labute approximate surface area is 174 Å². The highest BCUT2D eigenvalue weighted by atomic mass is 32.1. The highest BCUT2D eigenvalue weighted by Gasteiger charge is 2.28. The zero-order chi connectivity index (χ0) is 20.4. The van der Waals surface area contributed by atoms with Crippen LogP contribution in [0.25, 0.3) is 0 Å². The van der Waals surface area contributed by atoms with Crippen molar-refractivity contribution in [2.24, 2.45) is 11.7 Å². The van der Waals surface area contributed by atoms with Crippen molar-refractivity contribution in [3.8, 4) is 0 Å². The molecule has 0 spiro atoms. The van der Waals surface area contributed by atoms with Gasteiger partial charge in [0.25, 0.3) is 5.91 Å². The standard InChI is InChI=1S/C21H28N4O3S/c1-14-4-5-16-17(11-14)29-21(19(16)20(22)27)23-18(26)13-25-8-6-24(7-9-25)12-15-3-2-10-28-15/h2-3,10,14H,4-9,11-13H2,1H3,(H2,22,27)(H,23,26)/t14-/m0/s1. The van der Waals surface area contributed by atoms with Gasteiger partial charge in [0.2, 0.25) is 5.91 Å². The monoisotopic (exact) mass is 416 g/mol. The molecule has 4 rings (SSSR count). The Balaban J connectivity index is 1.33. The number of anilines is 1. The van der Waals surface area contributed by atoms with Crippen molar-refractivity contribution in [2.45, 2.75) is 32.7 Å². The van der Waals surface area contributed by atoms with E-state index in [1.807, 2.05) is 12.1 Å². The minimum atomic E-state index is -0.445. The van der Waals surface area contributed by atoms with Crippen LogP contribution < -0.4 is 11.1 Å². The maximum absolute atomic E-state index is 12.6. The lowest BCUT2D eigenvalue weighted by atomic mass is 9.88. The fourth-order valence-electron chi connectivity index (χ4n) is 4.20. The van der Waals surface area contributed by atoms with Gasteiger partial charge in [-0.3, -0.25) is 19.4 Å². The fourth-order valence-corrected chi connectivity index (χ4v) is 5.63. The van der Waals surface area contributed by atoms with E-state index in [1.54, 1.807) is 6.26 Å². The number of thiophene rings is 1. The first kappa shape index (κ1) is 20.1. The highest BCUT2D eigenvalue weighted by molar-refractivity contribution is 7.17. The first-order valence-corrected chi connectivity index (χ1v) is 11.0. The van der Waals surface area contributed by atoms with E-state index < -0.39 is 5.91 Å². The number of carbonyl (C=O) groups is 2. The third-order valence-corrected chi connectivity index (χ3v) is 6.97. The Bertz CT molecular complexity index is 869. The third kappa shape index (κ3) is 4.71.